The van der Waals surface area contributed by atoms with Gasteiger partial charge in [-0.05, 0) is 54.4 Å². The van der Waals surface area contributed by atoms with Crippen molar-refractivity contribution in [3.8, 4) is 0 Å². The summed E-state index contributed by atoms with van der Waals surface area (Å²) in [5.74, 6) is 2.10. The normalized spacial score (nSPS) is 23.7. The van der Waals surface area contributed by atoms with Gasteiger partial charge in [0.05, 0.1) is 0 Å². The zero-order valence-electron chi connectivity index (χ0n) is 16.3. The Bertz CT molecular complexity index is 766. The predicted molar refractivity (Wildman–Crippen MR) is 111 cm³/mol. The largest absolute Gasteiger partial charge is 0.351 e. The first kappa shape index (κ1) is 17.2. The fourth-order valence-electron chi connectivity index (χ4n) is 5.54. The van der Waals surface area contributed by atoms with Crippen molar-refractivity contribution >= 4 is 5.82 Å². The minimum Gasteiger partial charge on any atom is -0.351 e. The lowest BCUT2D eigenvalue weighted by Crippen LogP contribution is -2.55. The third-order valence-corrected chi connectivity index (χ3v) is 6.93. The van der Waals surface area contributed by atoms with Gasteiger partial charge in [-0.2, -0.15) is 0 Å². The van der Waals surface area contributed by atoms with E-state index in [4.69, 9.17) is 4.98 Å². The van der Waals surface area contributed by atoms with Crippen LogP contribution in [-0.4, -0.2) is 35.6 Å². The molecule has 5 rings (SSSR count). The van der Waals surface area contributed by atoms with Crippen LogP contribution in [0.2, 0.25) is 0 Å². The lowest BCUT2D eigenvalue weighted by Gasteiger charge is -2.46. The van der Waals surface area contributed by atoms with Crippen LogP contribution in [-0.2, 0) is 13.0 Å². The van der Waals surface area contributed by atoms with E-state index in [-0.39, 0.29) is 0 Å². The van der Waals surface area contributed by atoms with Gasteiger partial charge >= 0.3 is 0 Å². The average Bonchev–Trinajstić information content (AvgIpc) is 2.74. The summed E-state index contributed by atoms with van der Waals surface area (Å²) in [5, 5.41) is 0. The van der Waals surface area contributed by atoms with Crippen molar-refractivity contribution in [2.45, 2.75) is 63.5 Å². The number of hydrogen-bond donors (Lipinski definition) is 0. The Kier molecular flexibility index (Phi) is 4.87. The number of pyridine rings is 1. The van der Waals surface area contributed by atoms with E-state index in [0.29, 0.717) is 6.04 Å². The maximum absolute atomic E-state index is 4.88. The molecule has 3 heterocycles. The van der Waals surface area contributed by atoms with Crippen molar-refractivity contribution in [3.63, 3.8) is 0 Å². The van der Waals surface area contributed by atoms with Gasteiger partial charge in [-0.1, -0.05) is 49.6 Å². The van der Waals surface area contributed by atoms with Crippen LogP contribution in [0.15, 0.2) is 42.6 Å². The molecule has 1 aliphatic carbocycles. The molecule has 3 aliphatic rings. The second kappa shape index (κ2) is 7.63. The minimum absolute atomic E-state index is 0.629. The molecule has 1 aromatic carbocycles. The standard InChI is InChI=1S/C24H31N3/c1-3-7-19(8-4-1)17-26-15-16-27-21(18-26)11-12-23-22(13-14-25-24(23)27)20-9-5-2-6-10-20/h1,3-4,7-8,13-14,20-21H,2,5-6,9-12,15-18H2. The third kappa shape index (κ3) is 3.50. The molecule has 1 aromatic heterocycles. The van der Waals surface area contributed by atoms with Crippen LogP contribution < -0.4 is 4.90 Å². The predicted octanol–water partition coefficient (Wildman–Crippen LogP) is 4.77. The summed E-state index contributed by atoms with van der Waals surface area (Å²) in [6.07, 6.45) is 11.6. The number of rotatable bonds is 3. The zero-order chi connectivity index (χ0) is 18.1. The molecule has 142 valence electrons. The monoisotopic (exact) mass is 361 g/mol. The van der Waals surface area contributed by atoms with Crippen molar-refractivity contribution in [3.05, 3.63) is 59.3 Å². The fourth-order valence-corrected chi connectivity index (χ4v) is 5.54. The quantitative estimate of drug-likeness (QED) is 0.785. The Balaban J connectivity index is 1.33. The van der Waals surface area contributed by atoms with Crippen molar-refractivity contribution in [2.75, 3.05) is 24.5 Å². The van der Waals surface area contributed by atoms with Gasteiger partial charge in [-0.15, -0.1) is 0 Å². The summed E-state index contributed by atoms with van der Waals surface area (Å²) in [4.78, 5) is 10.1. The van der Waals surface area contributed by atoms with Crippen LogP contribution in [0.25, 0.3) is 0 Å². The van der Waals surface area contributed by atoms with Gasteiger partial charge in [0.15, 0.2) is 0 Å². The van der Waals surface area contributed by atoms with E-state index in [1.807, 2.05) is 0 Å². The Morgan fingerprint density at radius 2 is 1.78 bits per heavy atom. The molecule has 3 heteroatoms. The molecule has 1 atom stereocenters. The SMILES string of the molecule is c1ccc(CN2CCN3c4nccc(C5CCCCC5)c4CCC3C2)cc1. The molecule has 2 aliphatic heterocycles. The zero-order valence-corrected chi connectivity index (χ0v) is 16.3. The summed E-state index contributed by atoms with van der Waals surface area (Å²) >= 11 is 0. The molecular formula is C24H31N3. The average molecular weight is 362 g/mol. The highest BCUT2D eigenvalue weighted by atomic mass is 15.3. The maximum atomic E-state index is 4.88. The molecule has 2 aromatic rings. The molecule has 0 N–H and O–H groups in total. The van der Waals surface area contributed by atoms with Crippen LogP contribution >= 0.6 is 0 Å². The molecule has 27 heavy (non-hydrogen) atoms. The van der Waals surface area contributed by atoms with Crippen molar-refractivity contribution < 1.29 is 0 Å². The topological polar surface area (TPSA) is 19.4 Å². The molecule has 0 radical (unpaired) electrons. The first-order chi connectivity index (χ1) is 13.4. The van der Waals surface area contributed by atoms with Crippen molar-refractivity contribution in [1.29, 1.82) is 0 Å². The van der Waals surface area contributed by atoms with Gasteiger partial charge in [0.2, 0.25) is 0 Å². The highest BCUT2D eigenvalue weighted by Crippen LogP contribution is 2.40. The van der Waals surface area contributed by atoms with Crippen LogP contribution in [0, 0.1) is 0 Å². The minimum atomic E-state index is 0.629. The number of hydrogen-bond acceptors (Lipinski definition) is 3. The molecule has 0 spiro atoms. The van der Waals surface area contributed by atoms with E-state index < -0.39 is 0 Å². The lowest BCUT2D eigenvalue weighted by atomic mass is 9.80. The molecule has 1 saturated carbocycles. The van der Waals surface area contributed by atoms with Crippen LogP contribution in [0.1, 0.15) is 61.1 Å². The molecule has 0 bridgehead atoms. The van der Waals surface area contributed by atoms with Crippen LogP contribution in [0.3, 0.4) is 0 Å². The first-order valence-corrected chi connectivity index (χ1v) is 10.9. The molecule has 1 unspecified atom stereocenters. The number of benzene rings is 1. The van der Waals surface area contributed by atoms with Crippen LogP contribution in [0.5, 0.6) is 0 Å². The number of piperazine rings is 1. The molecule has 3 nitrogen and oxygen atoms in total. The Hall–Kier alpha value is -1.87. The Morgan fingerprint density at radius 3 is 2.63 bits per heavy atom. The second-order valence-corrected chi connectivity index (χ2v) is 8.64. The molecule has 1 saturated heterocycles. The maximum Gasteiger partial charge on any atom is 0.132 e. The summed E-state index contributed by atoms with van der Waals surface area (Å²) in [5.41, 5.74) is 4.64. The van der Waals surface area contributed by atoms with Gasteiger partial charge in [0.1, 0.15) is 5.82 Å². The highest BCUT2D eigenvalue weighted by molar-refractivity contribution is 5.55. The first-order valence-electron chi connectivity index (χ1n) is 10.9. The number of aromatic nitrogens is 1. The molecule has 2 fully saturated rings. The Morgan fingerprint density at radius 1 is 0.926 bits per heavy atom. The fraction of sp³-hybridized carbons (Fsp3) is 0.542. The lowest BCUT2D eigenvalue weighted by molar-refractivity contribution is 0.205. The summed E-state index contributed by atoms with van der Waals surface area (Å²) < 4.78 is 0. The van der Waals surface area contributed by atoms with Gasteiger partial charge in [0, 0.05) is 38.4 Å². The number of fused-ring (bicyclic) bond motifs is 3. The van der Waals surface area contributed by atoms with E-state index >= 15 is 0 Å². The van der Waals surface area contributed by atoms with E-state index in [2.05, 4.69) is 52.4 Å². The Labute approximate surface area is 163 Å². The smallest absolute Gasteiger partial charge is 0.132 e. The van der Waals surface area contributed by atoms with Gasteiger partial charge < -0.3 is 4.90 Å². The number of anilines is 1. The van der Waals surface area contributed by atoms with E-state index in [0.717, 1.165) is 25.6 Å². The third-order valence-electron chi connectivity index (χ3n) is 6.93. The van der Waals surface area contributed by atoms with Gasteiger partial charge in [0.25, 0.3) is 0 Å². The second-order valence-electron chi connectivity index (χ2n) is 8.64. The number of nitrogens with zero attached hydrogens (tertiary/aromatic N) is 3. The van der Waals surface area contributed by atoms with Gasteiger partial charge in [-0.3, -0.25) is 4.90 Å². The molecular weight excluding hydrogens is 330 g/mol. The summed E-state index contributed by atoms with van der Waals surface area (Å²) in [7, 11) is 0. The van der Waals surface area contributed by atoms with E-state index in [1.54, 1.807) is 11.1 Å². The van der Waals surface area contributed by atoms with E-state index in [1.165, 1.54) is 62.9 Å². The van der Waals surface area contributed by atoms with Crippen LogP contribution in [0.4, 0.5) is 5.82 Å². The van der Waals surface area contributed by atoms with Gasteiger partial charge in [-0.25, -0.2) is 4.98 Å². The molecule has 0 amide bonds. The van der Waals surface area contributed by atoms with E-state index in [9.17, 15) is 0 Å². The highest BCUT2D eigenvalue weighted by Gasteiger charge is 2.34. The summed E-state index contributed by atoms with van der Waals surface area (Å²) in [6.45, 7) is 4.50. The van der Waals surface area contributed by atoms with Crippen molar-refractivity contribution in [2.24, 2.45) is 0 Å². The summed E-state index contributed by atoms with van der Waals surface area (Å²) in [6, 6.07) is 13.9. The van der Waals surface area contributed by atoms with Crippen molar-refractivity contribution in [1.82, 2.24) is 9.88 Å².